The highest BCUT2D eigenvalue weighted by Crippen LogP contribution is 2.27. The molecule has 4 heterocycles. The average Bonchev–Trinajstić information content (AvgIpc) is 3.31. The molecule has 0 atom stereocenters. The van der Waals surface area contributed by atoms with Gasteiger partial charge in [-0.1, -0.05) is 0 Å². The van der Waals surface area contributed by atoms with Crippen LogP contribution < -0.4 is 10.5 Å². The van der Waals surface area contributed by atoms with E-state index in [0.29, 0.717) is 5.92 Å². The number of hydrogen-bond donors (Lipinski definition) is 1. The second kappa shape index (κ2) is 6.23. The van der Waals surface area contributed by atoms with E-state index in [0.717, 1.165) is 79.8 Å². The van der Waals surface area contributed by atoms with Gasteiger partial charge in [0.2, 0.25) is 0 Å². The maximum absolute atomic E-state index is 12.3. The first-order chi connectivity index (χ1) is 12.8. The normalized spacial score (nSPS) is 17.8. The van der Waals surface area contributed by atoms with Crippen LogP contribution in [0.4, 0.5) is 5.82 Å². The molecule has 5 rings (SSSR count). The lowest BCUT2D eigenvalue weighted by molar-refractivity contribution is 0.333. The van der Waals surface area contributed by atoms with E-state index in [4.69, 9.17) is 0 Å². The summed E-state index contributed by atoms with van der Waals surface area (Å²) in [7, 11) is 0. The average molecular weight is 350 g/mol. The summed E-state index contributed by atoms with van der Waals surface area (Å²) in [5.41, 5.74) is 3.21. The number of piperidine rings is 1. The Kier molecular flexibility index (Phi) is 3.72. The van der Waals surface area contributed by atoms with Crippen LogP contribution in [0.2, 0.25) is 0 Å². The van der Waals surface area contributed by atoms with E-state index in [-0.39, 0.29) is 5.56 Å². The minimum absolute atomic E-state index is 0.0536. The van der Waals surface area contributed by atoms with Crippen molar-refractivity contribution in [1.82, 2.24) is 24.7 Å². The number of aryl methyl sites for hydroxylation is 2. The maximum Gasteiger partial charge on any atom is 0.267 e. The molecule has 7 nitrogen and oxygen atoms in total. The molecule has 0 aromatic carbocycles. The Morgan fingerprint density at radius 1 is 1.19 bits per heavy atom. The van der Waals surface area contributed by atoms with E-state index in [9.17, 15) is 4.79 Å². The van der Waals surface area contributed by atoms with Crippen molar-refractivity contribution in [3.8, 4) is 0 Å². The Morgan fingerprint density at radius 2 is 2.08 bits per heavy atom. The molecular weight excluding hydrogens is 328 g/mol. The summed E-state index contributed by atoms with van der Waals surface area (Å²) in [6.45, 7) is 2.62. The Balaban J connectivity index is 1.29. The molecule has 7 heteroatoms. The van der Waals surface area contributed by atoms with Crippen molar-refractivity contribution in [3.63, 3.8) is 0 Å². The van der Waals surface area contributed by atoms with Crippen LogP contribution in [0.25, 0.3) is 11.0 Å². The summed E-state index contributed by atoms with van der Waals surface area (Å²) in [5, 5.41) is 5.70. The van der Waals surface area contributed by atoms with Crippen molar-refractivity contribution >= 4 is 16.9 Å². The summed E-state index contributed by atoms with van der Waals surface area (Å²) < 4.78 is 1.69. The third-order valence-corrected chi connectivity index (χ3v) is 5.70. The number of hydrogen-bond acceptors (Lipinski definition) is 5. The summed E-state index contributed by atoms with van der Waals surface area (Å²) in [4.78, 5) is 26.6. The predicted octanol–water partition coefficient (Wildman–Crippen LogP) is 1.92. The molecule has 0 spiro atoms. The topological polar surface area (TPSA) is 79.7 Å². The molecule has 0 amide bonds. The van der Waals surface area contributed by atoms with Crippen molar-refractivity contribution in [3.05, 3.63) is 46.3 Å². The summed E-state index contributed by atoms with van der Waals surface area (Å²) in [6.07, 6.45) is 8.74. The van der Waals surface area contributed by atoms with E-state index in [1.54, 1.807) is 17.1 Å². The Morgan fingerprint density at radius 3 is 2.96 bits per heavy atom. The van der Waals surface area contributed by atoms with E-state index >= 15 is 0 Å². The number of anilines is 1. The quantitative estimate of drug-likeness (QED) is 0.781. The molecule has 0 bridgehead atoms. The summed E-state index contributed by atoms with van der Waals surface area (Å²) in [5.74, 6) is 1.49. The smallest absolute Gasteiger partial charge is 0.267 e. The first-order valence-corrected chi connectivity index (χ1v) is 9.41. The monoisotopic (exact) mass is 350 g/mol. The molecule has 1 aliphatic carbocycles. The third kappa shape index (κ3) is 2.67. The highest BCUT2D eigenvalue weighted by atomic mass is 16.1. The second-order valence-electron chi connectivity index (χ2n) is 7.36. The number of nitrogens with zero attached hydrogens (tertiary/aromatic N) is 5. The van der Waals surface area contributed by atoms with E-state index < -0.39 is 0 Å². The largest absolute Gasteiger partial charge is 0.356 e. The van der Waals surface area contributed by atoms with Crippen LogP contribution in [0.5, 0.6) is 0 Å². The van der Waals surface area contributed by atoms with E-state index in [1.165, 1.54) is 0 Å². The first-order valence-electron chi connectivity index (χ1n) is 9.41. The third-order valence-electron chi connectivity index (χ3n) is 5.70. The molecular formula is C19H22N6O. The van der Waals surface area contributed by atoms with Crippen molar-refractivity contribution in [2.24, 2.45) is 5.92 Å². The lowest BCUT2D eigenvalue weighted by Crippen LogP contribution is -2.37. The molecule has 1 saturated heterocycles. The molecule has 0 unspecified atom stereocenters. The van der Waals surface area contributed by atoms with Gasteiger partial charge in [0.15, 0.2) is 0 Å². The number of aromatic amines is 1. The molecule has 0 saturated carbocycles. The first kappa shape index (κ1) is 15.5. The molecule has 3 aromatic rings. The van der Waals surface area contributed by atoms with Crippen molar-refractivity contribution in [2.75, 3.05) is 18.0 Å². The van der Waals surface area contributed by atoms with Gasteiger partial charge in [-0.2, -0.15) is 5.10 Å². The van der Waals surface area contributed by atoms with Crippen LogP contribution in [0, 0.1) is 5.92 Å². The van der Waals surface area contributed by atoms with E-state index in [1.807, 2.05) is 12.3 Å². The maximum atomic E-state index is 12.3. The second-order valence-corrected chi connectivity index (χ2v) is 7.36. The van der Waals surface area contributed by atoms with Crippen LogP contribution in [0.3, 0.4) is 0 Å². The van der Waals surface area contributed by atoms with Gasteiger partial charge in [-0.15, -0.1) is 0 Å². The Labute approximate surface area is 151 Å². The summed E-state index contributed by atoms with van der Waals surface area (Å²) >= 11 is 0. The zero-order chi connectivity index (χ0) is 17.5. The van der Waals surface area contributed by atoms with Crippen LogP contribution in [-0.2, 0) is 19.4 Å². The molecule has 3 aromatic heterocycles. The van der Waals surface area contributed by atoms with Crippen LogP contribution in [-0.4, -0.2) is 37.8 Å². The van der Waals surface area contributed by atoms with Gasteiger partial charge in [-0.05, 0) is 49.7 Å². The zero-order valence-corrected chi connectivity index (χ0v) is 14.7. The minimum atomic E-state index is 0.0536. The standard InChI is InChI=1S/C19H22N6O/c26-17-10-14-2-1-3-16(14)23-25(17)11-13-5-8-24(9-6-13)19-15-4-7-20-18(15)21-12-22-19/h4,7,10,12-13H,1-3,5-6,8-9,11H2,(H,20,21,22). The SMILES string of the molecule is O=c1cc2c(nn1CC1CCN(c3ncnc4[nH]ccc34)CC1)CCC2. The Hall–Kier alpha value is -2.70. The highest BCUT2D eigenvalue weighted by Gasteiger charge is 2.23. The van der Waals surface area contributed by atoms with Crippen molar-refractivity contribution < 1.29 is 0 Å². The van der Waals surface area contributed by atoms with Gasteiger partial charge < -0.3 is 9.88 Å². The van der Waals surface area contributed by atoms with Crippen molar-refractivity contribution in [1.29, 1.82) is 0 Å². The van der Waals surface area contributed by atoms with Gasteiger partial charge in [0, 0.05) is 31.9 Å². The molecule has 2 aliphatic rings. The van der Waals surface area contributed by atoms with Crippen LogP contribution in [0.15, 0.2) is 29.5 Å². The fraction of sp³-hybridized carbons (Fsp3) is 0.474. The van der Waals surface area contributed by atoms with Crippen molar-refractivity contribution in [2.45, 2.75) is 38.6 Å². The molecule has 1 fully saturated rings. The number of rotatable bonds is 3. The number of H-pyrrole nitrogens is 1. The summed E-state index contributed by atoms with van der Waals surface area (Å²) in [6, 6.07) is 3.83. The highest BCUT2D eigenvalue weighted by molar-refractivity contribution is 5.87. The molecule has 26 heavy (non-hydrogen) atoms. The van der Waals surface area contributed by atoms with Gasteiger partial charge in [0.1, 0.15) is 17.8 Å². The molecule has 1 aliphatic heterocycles. The molecule has 1 N–H and O–H groups in total. The number of fused-ring (bicyclic) bond motifs is 2. The van der Waals surface area contributed by atoms with Gasteiger partial charge in [-0.25, -0.2) is 14.6 Å². The van der Waals surface area contributed by atoms with E-state index in [2.05, 4.69) is 25.0 Å². The number of aromatic nitrogens is 5. The van der Waals surface area contributed by atoms with Gasteiger partial charge in [-0.3, -0.25) is 4.79 Å². The lowest BCUT2D eigenvalue weighted by atomic mass is 9.96. The predicted molar refractivity (Wildman–Crippen MR) is 99.3 cm³/mol. The molecule has 0 radical (unpaired) electrons. The zero-order valence-electron chi connectivity index (χ0n) is 14.7. The Bertz CT molecular complexity index is 999. The fourth-order valence-electron chi connectivity index (χ4n) is 4.25. The van der Waals surface area contributed by atoms with Gasteiger partial charge >= 0.3 is 0 Å². The molecule has 134 valence electrons. The van der Waals surface area contributed by atoms with Gasteiger partial charge in [0.05, 0.1) is 11.1 Å². The fourth-order valence-corrected chi connectivity index (χ4v) is 4.25. The minimum Gasteiger partial charge on any atom is -0.356 e. The van der Waals surface area contributed by atoms with Gasteiger partial charge in [0.25, 0.3) is 5.56 Å². The lowest BCUT2D eigenvalue weighted by Gasteiger charge is -2.33. The van der Waals surface area contributed by atoms with Crippen LogP contribution >= 0.6 is 0 Å². The number of nitrogens with one attached hydrogen (secondary N) is 1. The van der Waals surface area contributed by atoms with Crippen LogP contribution in [0.1, 0.15) is 30.5 Å².